The summed E-state index contributed by atoms with van der Waals surface area (Å²) >= 11 is 11.6. The van der Waals surface area contributed by atoms with Crippen LogP contribution in [0.1, 0.15) is 0 Å². The molecule has 3 rings (SSSR count). The van der Waals surface area contributed by atoms with Gasteiger partial charge in [-0.3, -0.25) is 0 Å². The second-order valence-electron chi connectivity index (χ2n) is 3.76. The molecule has 0 saturated heterocycles. The van der Waals surface area contributed by atoms with Crippen LogP contribution in [-0.2, 0) is 0 Å². The summed E-state index contributed by atoms with van der Waals surface area (Å²) in [5, 5.41) is 4.68. The fourth-order valence-corrected chi connectivity index (χ4v) is 1.93. The topological polar surface area (TPSA) is 63.6 Å². The van der Waals surface area contributed by atoms with Crippen LogP contribution in [0, 0.1) is 0 Å². The SMILES string of the molecule is Clc1cnc2ncc(Nc3ccnc(Cl)n3)cc2c1. The molecule has 0 aromatic carbocycles. The number of hydrogen-bond acceptors (Lipinski definition) is 5. The predicted octanol–water partition coefficient (Wildman–Crippen LogP) is 3.47. The van der Waals surface area contributed by atoms with Crippen molar-refractivity contribution in [2.45, 2.75) is 0 Å². The highest BCUT2D eigenvalue weighted by Gasteiger charge is 2.02. The van der Waals surface area contributed by atoms with Crippen LogP contribution in [0.4, 0.5) is 11.5 Å². The van der Waals surface area contributed by atoms with Crippen molar-refractivity contribution in [3.05, 3.63) is 47.1 Å². The van der Waals surface area contributed by atoms with Crippen LogP contribution in [-0.4, -0.2) is 19.9 Å². The summed E-state index contributed by atoms with van der Waals surface area (Å²) in [4.78, 5) is 16.2. The lowest BCUT2D eigenvalue weighted by molar-refractivity contribution is 1.16. The number of fused-ring (bicyclic) bond motifs is 1. The quantitative estimate of drug-likeness (QED) is 0.733. The molecule has 0 aliphatic heterocycles. The molecule has 0 unspecified atom stereocenters. The molecule has 0 amide bonds. The third-order valence-corrected chi connectivity index (χ3v) is 2.79. The van der Waals surface area contributed by atoms with Gasteiger partial charge in [-0.05, 0) is 29.8 Å². The second kappa shape index (κ2) is 4.95. The zero-order chi connectivity index (χ0) is 13.2. The van der Waals surface area contributed by atoms with Crippen LogP contribution < -0.4 is 5.32 Å². The Bertz CT molecular complexity index is 747. The minimum absolute atomic E-state index is 0.184. The number of aromatic nitrogens is 4. The molecular weight excluding hydrogens is 285 g/mol. The van der Waals surface area contributed by atoms with Gasteiger partial charge in [-0.1, -0.05) is 11.6 Å². The van der Waals surface area contributed by atoms with E-state index in [1.807, 2.05) is 6.07 Å². The number of pyridine rings is 2. The number of nitrogens with one attached hydrogen (secondary N) is 1. The molecule has 94 valence electrons. The number of rotatable bonds is 2. The molecule has 3 aromatic heterocycles. The fourth-order valence-electron chi connectivity index (χ4n) is 1.62. The summed E-state index contributed by atoms with van der Waals surface area (Å²) in [6.45, 7) is 0. The molecule has 0 aliphatic rings. The summed E-state index contributed by atoms with van der Waals surface area (Å²) in [6.07, 6.45) is 4.80. The van der Waals surface area contributed by atoms with Crippen LogP contribution in [0.2, 0.25) is 10.3 Å². The maximum Gasteiger partial charge on any atom is 0.224 e. The van der Waals surface area contributed by atoms with E-state index in [1.54, 1.807) is 30.7 Å². The van der Waals surface area contributed by atoms with Gasteiger partial charge in [0.2, 0.25) is 5.28 Å². The van der Waals surface area contributed by atoms with Gasteiger partial charge in [-0.15, -0.1) is 0 Å². The summed E-state index contributed by atoms with van der Waals surface area (Å²) in [5.41, 5.74) is 1.40. The Kier molecular flexibility index (Phi) is 3.15. The Balaban J connectivity index is 1.97. The predicted molar refractivity (Wildman–Crippen MR) is 74.9 cm³/mol. The van der Waals surface area contributed by atoms with Gasteiger partial charge < -0.3 is 5.32 Å². The minimum atomic E-state index is 0.184. The molecule has 0 fully saturated rings. The molecule has 0 radical (unpaired) electrons. The van der Waals surface area contributed by atoms with E-state index in [2.05, 4.69) is 25.3 Å². The van der Waals surface area contributed by atoms with Gasteiger partial charge in [-0.2, -0.15) is 0 Å². The van der Waals surface area contributed by atoms with Gasteiger partial charge in [0.1, 0.15) is 5.82 Å². The van der Waals surface area contributed by atoms with Crippen LogP contribution in [0.15, 0.2) is 36.8 Å². The molecular formula is C12H7Cl2N5. The zero-order valence-corrected chi connectivity index (χ0v) is 11.0. The van der Waals surface area contributed by atoms with Crippen LogP contribution in [0.3, 0.4) is 0 Å². The normalized spacial score (nSPS) is 10.6. The first-order valence-corrected chi connectivity index (χ1v) is 6.13. The Morgan fingerprint density at radius 1 is 1.00 bits per heavy atom. The van der Waals surface area contributed by atoms with Crippen LogP contribution in [0.5, 0.6) is 0 Å². The minimum Gasteiger partial charge on any atom is -0.339 e. The van der Waals surface area contributed by atoms with E-state index in [-0.39, 0.29) is 5.28 Å². The van der Waals surface area contributed by atoms with E-state index < -0.39 is 0 Å². The molecule has 3 aromatic rings. The van der Waals surface area contributed by atoms with Crippen molar-refractivity contribution in [2.75, 3.05) is 5.32 Å². The Labute approximate surface area is 118 Å². The lowest BCUT2D eigenvalue weighted by Gasteiger charge is -2.06. The molecule has 3 heterocycles. The summed E-state index contributed by atoms with van der Waals surface area (Å²) in [7, 11) is 0. The first kappa shape index (κ1) is 12.1. The van der Waals surface area contributed by atoms with Gasteiger partial charge in [-0.25, -0.2) is 19.9 Å². The van der Waals surface area contributed by atoms with Crippen molar-refractivity contribution in [1.82, 2.24) is 19.9 Å². The second-order valence-corrected chi connectivity index (χ2v) is 4.53. The Hall–Kier alpha value is -1.98. The van der Waals surface area contributed by atoms with E-state index in [0.29, 0.717) is 16.5 Å². The largest absolute Gasteiger partial charge is 0.339 e. The third-order valence-electron chi connectivity index (χ3n) is 2.40. The highest BCUT2D eigenvalue weighted by atomic mass is 35.5. The third kappa shape index (κ3) is 2.72. The van der Waals surface area contributed by atoms with E-state index >= 15 is 0 Å². The summed E-state index contributed by atoms with van der Waals surface area (Å²) in [5.74, 6) is 0.594. The van der Waals surface area contributed by atoms with Crippen molar-refractivity contribution in [1.29, 1.82) is 0 Å². The highest BCUT2D eigenvalue weighted by molar-refractivity contribution is 6.31. The summed E-state index contributed by atoms with van der Waals surface area (Å²) < 4.78 is 0. The van der Waals surface area contributed by atoms with Gasteiger partial charge in [0.05, 0.1) is 16.9 Å². The zero-order valence-electron chi connectivity index (χ0n) is 9.51. The molecule has 7 heteroatoms. The van der Waals surface area contributed by atoms with Crippen molar-refractivity contribution in [2.24, 2.45) is 0 Å². The van der Waals surface area contributed by atoms with E-state index in [1.165, 1.54) is 0 Å². The lowest BCUT2D eigenvalue weighted by atomic mass is 10.2. The Morgan fingerprint density at radius 3 is 2.68 bits per heavy atom. The van der Waals surface area contributed by atoms with Crippen LogP contribution in [0.25, 0.3) is 11.0 Å². The van der Waals surface area contributed by atoms with Crippen LogP contribution >= 0.6 is 23.2 Å². The molecule has 0 atom stereocenters. The summed E-state index contributed by atoms with van der Waals surface area (Å²) in [6, 6.07) is 5.40. The first-order chi connectivity index (χ1) is 9.20. The standard InChI is InChI=1S/C12H7Cl2N5/c13-8-3-7-4-9(6-17-11(7)16-5-8)18-10-1-2-15-12(14)19-10/h1-6H,(H,15,18,19). The van der Waals surface area contributed by atoms with Crippen molar-refractivity contribution >= 4 is 45.7 Å². The number of anilines is 2. The first-order valence-electron chi connectivity index (χ1n) is 5.37. The maximum absolute atomic E-state index is 5.90. The number of halogens is 2. The van der Waals surface area contributed by atoms with Gasteiger partial charge in [0.25, 0.3) is 0 Å². The van der Waals surface area contributed by atoms with Gasteiger partial charge in [0, 0.05) is 17.8 Å². The molecule has 0 bridgehead atoms. The number of nitrogens with zero attached hydrogens (tertiary/aromatic N) is 4. The maximum atomic E-state index is 5.90. The van der Waals surface area contributed by atoms with E-state index in [0.717, 1.165) is 11.1 Å². The van der Waals surface area contributed by atoms with E-state index in [9.17, 15) is 0 Å². The average Bonchev–Trinajstić information content (AvgIpc) is 2.38. The monoisotopic (exact) mass is 291 g/mol. The molecule has 1 N–H and O–H groups in total. The van der Waals surface area contributed by atoms with Crippen molar-refractivity contribution in [3.8, 4) is 0 Å². The lowest BCUT2D eigenvalue weighted by Crippen LogP contribution is -1.95. The smallest absolute Gasteiger partial charge is 0.224 e. The van der Waals surface area contributed by atoms with Crippen molar-refractivity contribution < 1.29 is 0 Å². The molecule has 19 heavy (non-hydrogen) atoms. The van der Waals surface area contributed by atoms with Crippen molar-refractivity contribution in [3.63, 3.8) is 0 Å². The molecule has 0 saturated carbocycles. The molecule has 0 spiro atoms. The van der Waals surface area contributed by atoms with Gasteiger partial charge >= 0.3 is 0 Å². The Morgan fingerprint density at radius 2 is 1.84 bits per heavy atom. The highest BCUT2D eigenvalue weighted by Crippen LogP contribution is 2.20. The molecule has 5 nitrogen and oxygen atoms in total. The number of hydrogen-bond donors (Lipinski definition) is 1. The van der Waals surface area contributed by atoms with E-state index in [4.69, 9.17) is 23.2 Å². The average molecular weight is 292 g/mol. The van der Waals surface area contributed by atoms with Gasteiger partial charge in [0.15, 0.2) is 5.65 Å². The fraction of sp³-hybridized carbons (Fsp3) is 0. The molecule has 0 aliphatic carbocycles.